The van der Waals surface area contributed by atoms with E-state index in [-0.39, 0.29) is 34.6 Å². The number of carboxylic acids is 1. The quantitative estimate of drug-likeness (QED) is 0.412. The second kappa shape index (κ2) is 4.08. The van der Waals surface area contributed by atoms with Crippen LogP contribution in [0.25, 0.3) is 0 Å². The van der Waals surface area contributed by atoms with Crippen LogP contribution in [0, 0.1) is 6.92 Å². The summed E-state index contributed by atoms with van der Waals surface area (Å²) in [4.78, 5) is 13.7. The minimum Gasteiger partial charge on any atom is -0.542 e. The van der Waals surface area contributed by atoms with E-state index in [0.29, 0.717) is 0 Å². The van der Waals surface area contributed by atoms with Gasteiger partial charge in [-0.1, -0.05) is 0 Å². The van der Waals surface area contributed by atoms with Gasteiger partial charge in [0.05, 0.1) is 0 Å². The number of nitrogens with zero attached hydrogens (tertiary/aromatic N) is 1. The molecule has 0 N–H and O–H groups in total. The van der Waals surface area contributed by atoms with E-state index in [1.54, 1.807) is 12.3 Å². The van der Waals surface area contributed by atoms with Gasteiger partial charge in [0.25, 0.3) is 0 Å². The molecule has 0 aromatic carbocycles. The van der Waals surface area contributed by atoms with Gasteiger partial charge in [-0.3, -0.25) is 0 Å². The Kier molecular flexibility index (Phi) is 4.12. The van der Waals surface area contributed by atoms with Crippen LogP contribution in [0.3, 0.4) is 0 Å². The normalized spacial score (nSPS) is 8.50. The molecule has 1 heterocycles. The first-order valence-corrected chi connectivity index (χ1v) is 3.21. The fourth-order valence-electron chi connectivity index (χ4n) is 0.448. The molecule has 0 bridgehead atoms. The van der Waals surface area contributed by atoms with E-state index in [4.69, 9.17) is 0 Å². The van der Waals surface area contributed by atoms with Crippen LogP contribution in [-0.4, -0.2) is 11.0 Å². The summed E-state index contributed by atoms with van der Waals surface area (Å²) < 4.78 is 0. The minimum absolute atomic E-state index is 0. The zero-order chi connectivity index (χ0) is 6.85. The van der Waals surface area contributed by atoms with Gasteiger partial charge < -0.3 is 9.90 Å². The number of hydrogen-bond acceptors (Lipinski definition) is 4. The van der Waals surface area contributed by atoms with E-state index in [9.17, 15) is 9.90 Å². The second-order valence-corrected chi connectivity index (χ2v) is 2.44. The monoisotopic (exact) mass is 165 g/mol. The Morgan fingerprint density at radius 2 is 2.40 bits per heavy atom. The predicted molar refractivity (Wildman–Crippen MR) is 31.2 cm³/mol. The molecule has 1 aromatic heterocycles. The number of carbonyl (C=O) groups is 1. The first kappa shape index (κ1) is 10.1. The van der Waals surface area contributed by atoms with Gasteiger partial charge in [-0.2, -0.15) is 0 Å². The zero-order valence-corrected chi connectivity index (χ0v) is 8.57. The molecule has 0 fully saturated rings. The van der Waals surface area contributed by atoms with Crippen molar-refractivity contribution in [1.82, 2.24) is 4.98 Å². The van der Waals surface area contributed by atoms with Crippen molar-refractivity contribution < 1.29 is 39.5 Å². The summed E-state index contributed by atoms with van der Waals surface area (Å²) in [5.41, 5.74) is 0.721. The van der Waals surface area contributed by atoms with E-state index in [2.05, 4.69) is 4.98 Å². The van der Waals surface area contributed by atoms with Gasteiger partial charge in [-0.25, -0.2) is 4.98 Å². The number of aryl methyl sites for hydroxylation is 1. The molecule has 0 saturated heterocycles. The summed E-state index contributed by atoms with van der Waals surface area (Å²) in [6, 6.07) is 0. The third kappa shape index (κ3) is 2.38. The van der Waals surface area contributed by atoms with Crippen molar-refractivity contribution in [2.45, 2.75) is 6.92 Å². The Bertz CT molecular complexity index is 235. The van der Waals surface area contributed by atoms with Crippen LogP contribution >= 0.6 is 11.3 Å². The third-order valence-electron chi connectivity index (χ3n) is 0.794. The van der Waals surface area contributed by atoms with Crippen molar-refractivity contribution in [2.75, 3.05) is 0 Å². The molecular weight excluding hydrogens is 161 g/mol. The first-order valence-electron chi connectivity index (χ1n) is 2.33. The number of aromatic nitrogens is 1. The van der Waals surface area contributed by atoms with E-state index >= 15 is 0 Å². The molecule has 0 aliphatic heterocycles. The average molecular weight is 165 g/mol. The number of rotatable bonds is 1. The predicted octanol–water partition coefficient (Wildman–Crippen LogP) is -3.18. The minimum atomic E-state index is -1.20. The Morgan fingerprint density at radius 1 is 1.80 bits per heavy atom. The van der Waals surface area contributed by atoms with Crippen LogP contribution in [0.4, 0.5) is 0 Å². The van der Waals surface area contributed by atoms with Crippen LogP contribution < -0.4 is 34.7 Å². The maximum Gasteiger partial charge on any atom is 1.00 e. The summed E-state index contributed by atoms with van der Waals surface area (Å²) in [6.45, 7) is 1.74. The number of carboxylic acid groups (broad SMARTS) is 1. The van der Waals surface area contributed by atoms with Crippen LogP contribution in [0.5, 0.6) is 0 Å². The molecule has 48 valence electrons. The van der Waals surface area contributed by atoms with E-state index < -0.39 is 5.97 Å². The van der Waals surface area contributed by atoms with Gasteiger partial charge in [0.15, 0.2) is 0 Å². The summed E-state index contributed by atoms with van der Waals surface area (Å²) >= 11 is 1.08. The van der Waals surface area contributed by atoms with E-state index in [1.807, 2.05) is 0 Å². The van der Waals surface area contributed by atoms with Gasteiger partial charge in [-0.05, 0) is 6.92 Å². The van der Waals surface area contributed by atoms with Gasteiger partial charge >= 0.3 is 29.6 Å². The van der Waals surface area contributed by atoms with Crippen LogP contribution in [-0.2, 0) is 0 Å². The molecule has 0 unspecified atom stereocenters. The Labute approximate surface area is 84.4 Å². The molecule has 0 radical (unpaired) electrons. The van der Waals surface area contributed by atoms with Crippen molar-refractivity contribution in [2.24, 2.45) is 0 Å². The topological polar surface area (TPSA) is 53.0 Å². The molecule has 1 aromatic rings. The standard InChI is InChI=1S/C5H5NO2S.Na/c1-3-2-9-4(6-3)5(7)8;/h2H,1H3,(H,7,8);/q;+1/p-1. The van der Waals surface area contributed by atoms with Gasteiger partial charge in [-0.15, -0.1) is 11.3 Å². The molecule has 0 aliphatic rings. The Morgan fingerprint density at radius 3 is 2.60 bits per heavy atom. The van der Waals surface area contributed by atoms with Crippen LogP contribution in [0.15, 0.2) is 5.38 Å². The van der Waals surface area contributed by atoms with Gasteiger partial charge in [0.2, 0.25) is 0 Å². The van der Waals surface area contributed by atoms with E-state index in [1.165, 1.54) is 0 Å². The summed E-state index contributed by atoms with van der Waals surface area (Å²) in [7, 11) is 0. The molecule has 0 amide bonds. The van der Waals surface area contributed by atoms with Crippen molar-refractivity contribution in [1.29, 1.82) is 0 Å². The number of hydrogen-bond donors (Lipinski definition) is 0. The summed E-state index contributed by atoms with van der Waals surface area (Å²) in [6.07, 6.45) is 0. The summed E-state index contributed by atoms with van der Waals surface area (Å²) in [5, 5.41) is 11.8. The molecule has 10 heavy (non-hydrogen) atoms. The van der Waals surface area contributed by atoms with Crippen LogP contribution in [0.1, 0.15) is 15.5 Å². The van der Waals surface area contributed by atoms with Crippen molar-refractivity contribution >= 4 is 17.3 Å². The summed E-state index contributed by atoms with van der Waals surface area (Å²) in [5.74, 6) is -1.20. The van der Waals surface area contributed by atoms with Crippen molar-refractivity contribution in [3.05, 3.63) is 16.1 Å². The van der Waals surface area contributed by atoms with Crippen molar-refractivity contribution in [3.63, 3.8) is 0 Å². The fraction of sp³-hybridized carbons (Fsp3) is 0.200. The van der Waals surface area contributed by atoms with Crippen LogP contribution in [0.2, 0.25) is 0 Å². The molecule has 3 nitrogen and oxygen atoms in total. The van der Waals surface area contributed by atoms with E-state index in [0.717, 1.165) is 17.0 Å². The van der Waals surface area contributed by atoms with Gasteiger partial charge in [0.1, 0.15) is 11.0 Å². The zero-order valence-electron chi connectivity index (χ0n) is 5.75. The number of aromatic carboxylic acids is 1. The SMILES string of the molecule is Cc1csc(C(=O)[O-])n1.[Na+]. The first-order chi connectivity index (χ1) is 4.20. The fourth-order valence-corrected chi connectivity index (χ4v) is 1.08. The largest absolute Gasteiger partial charge is 1.00 e. The maximum atomic E-state index is 10.1. The molecule has 0 atom stereocenters. The second-order valence-electron chi connectivity index (χ2n) is 1.58. The average Bonchev–Trinajstić information content (AvgIpc) is 2.14. The van der Waals surface area contributed by atoms with Gasteiger partial charge in [0, 0.05) is 11.1 Å². The smallest absolute Gasteiger partial charge is 0.542 e. The number of carbonyl (C=O) groups excluding carboxylic acids is 1. The molecule has 1 rings (SSSR count). The molecule has 0 aliphatic carbocycles. The third-order valence-corrected chi connectivity index (χ3v) is 1.73. The number of thiazole rings is 1. The Balaban J connectivity index is 0.000000810. The molecule has 0 spiro atoms. The molecule has 0 saturated carbocycles. The molecule has 5 heteroatoms. The van der Waals surface area contributed by atoms with Crippen molar-refractivity contribution in [3.8, 4) is 0 Å². The Hall–Kier alpha value is 0.100. The maximum absolute atomic E-state index is 10.1. The molecular formula is C5H4NNaO2S.